The number of nitrogens with one attached hydrogen (secondary N) is 1. The lowest BCUT2D eigenvalue weighted by atomic mass is 9.90. The van der Waals surface area contributed by atoms with Gasteiger partial charge in [-0.2, -0.15) is 0 Å². The molecule has 3 unspecified atom stereocenters. The van der Waals surface area contributed by atoms with Crippen molar-refractivity contribution in [3.8, 4) is 5.75 Å². The molecule has 116 valence electrons. The van der Waals surface area contributed by atoms with Gasteiger partial charge in [0.1, 0.15) is 11.6 Å². The highest BCUT2D eigenvalue weighted by Crippen LogP contribution is 2.37. The molecule has 2 aliphatic heterocycles. The van der Waals surface area contributed by atoms with E-state index in [1.165, 1.54) is 43.9 Å². The van der Waals surface area contributed by atoms with Crippen molar-refractivity contribution in [3.63, 3.8) is 0 Å². The smallest absolute Gasteiger partial charge is 0.123 e. The molecule has 0 saturated carbocycles. The summed E-state index contributed by atoms with van der Waals surface area (Å²) in [6.07, 6.45) is 5.17. The maximum atomic E-state index is 13.3. The lowest BCUT2D eigenvalue weighted by Crippen LogP contribution is -2.42. The van der Waals surface area contributed by atoms with Crippen molar-refractivity contribution < 1.29 is 9.50 Å². The molecule has 2 fully saturated rings. The molecule has 0 aromatic heterocycles. The first-order valence-corrected chi connectivity index (χ1v) is 7.98. The largest absolute Gasteiger partial charge is 0.508 e. The van der Waals surface area contributed by atoms with Crippen LogP contribution in [-0.2, 0) is 0 Å². The molecule has 1 aromatic carbocycles. The van der Waals surface area contributed by atoms with Crippen LogP contribution < -0.4 is 5.32 Å². The van der Waals surface area contributed by atoms with Crippen molar-refractivity contribution in [3.05, 3.63) is 29.6 Å². The molecular weight excluding hydrogens is 267 g/mol. The highest BCUT2D eigenvalue weighted by Gasteiger charge is 2.38. The van der Waals surface area contributed by atoms with Crippen molar-refractivity contribution in [2.24, 2.45) is 5.92 Å². The monoisotopic (exact) mass is 292 g/mol. The normalized spacial score (nSPS) is 30.5. The Morgan fingerprint density at radius 3 is 2.67 bits per heavy atom. The molecule has 2 aliphatic rings. The third kappa shape index (κ3) is 3.06. The molecule has 3 atom stereocenters. The second kappa shape index (κ2) is 5.93. The fourth-order valence-corrected chi connectivity index (χ4v) is 4.02. The number of hydrogen-bond acceptors (Lipinski definition) is 3. The number of fused-ring (bicyclic) bond motifs is 2. The van der Waals surface area contributed by atoms with E-state index in [1.54, 1.807) is 0 Å². The van der Waals surface area contributed by atoms with Gasteiger partial charge in [0.15, 0.2) is 0 Å². The second-order valence-electron chi connectivity index (χ2n) is 6.72. The maximum Gasteiger partial charge on any atom is 0.123 e. The fourth-order valence-electron chi connectivity index (χ4n) is 4.02. The zero-order valence-corrected chi connectivity index (χ0v) is 12.8. The van der Waals surface area contributed by atoms with Gasteiger partial charge in [-0.3, -0.25) is 0 Å². The Kier molecular flexibility index (Phi) is 4.18. The van der Waals surface area contributed by atoms with E-state index in [0.29, 0.717) is 11.5 Å². The van der Waals surface area contributed by atoms with Crippen molar-refractivity contribution in [1.82, 2.24) is 10.2 Å². The number of nitrogens with zero attached hydrogens (tertiary/aromatic N) is 1. The number of rotatable bonds is 4. The summed E-state index contributed by atoms with van der Waals surface area (Å²) in [6, 6.07) is 5.60. The summed E-state index contributed by atoms with van der Waals surface area (Å²) in [5.74, 6) is 0.561. The van der Waals surface area contributed by atoms with Crippen molar-refractivity contribution in [2.45, 2.75) is 50.7 Å². The average Bonchev–Trinajstić information content (AvgIpc) is 2.69. The van der Waals surface area contributed by atoms with E-state index >= 15 is 0 Å². The lowest BCUT2D eigenvalue weighted by Gasteiger charge is -2.36. The first-order chi connectivity index (χ1) is 10.0. The fraction of sp³-hybridized carbons (Fsp3) is 0.647. The Morgan fingerprint density at radius 1 is 1.33 bits per heavy atom. The predicted molar refractivity (Wildman–Crippen MR) is 81.8 cm³/mol. The van der Waals surface area contributed by atoms with Crippen LogP contribution in [0.2, 0.25) is 0 Å². The summed E-state index contributed by atoms with van der Waals surface area (Å²) >= 11 is 0. The van der Waals surface area contributed by atoms with E-state index in [-0.39, 0.29) is 17.6 Å². The summed E-state index contributed by atoms with van der Waals surface area (Å²) in [4.78, 5) is 2.54. The molecule has 3 rings (SSSR count). The SMILES string of the molecule is CC(NCC1CC2CCC(C1)N2C)c1cc(F)ccc1O. The molecule has 1 aromatic rings. The molecule has 21 heavy (non-hydrogen) atoms. The molecule has 4 heteroatoms. The molecule has 2 saturated heterocycles. The number of piperidine rings is 1. The number of phenolic OH excluding ortho intramolecular Hbond substituents is 1. The van der Waals surface area contributed by atoms with E-state index in [9.17, 15) is 9.50 Å². The van der Waals surface area contributed by atoms with E-state index < -0.39 is 0 Å². The first-order valence-electron chi connectivity index (χ1n) is 7.98. The van der Waals surface area contributed by atoms with Crippen LogP contribution in [0.5, 0.6) is 5.75 Å². The van der Waals surface area contributed by atoms with Gasteiger partial charge in [0, 0.05) is 23.7 Å². The van der Waals surface area contributed by atoms with Crippen LogP contribution in [0.25, 0.3) is 0 Å². The van der Waals surface area contributed by atoms with Crippen LogP contribution in [-0.4, -0.2) is 35.7 Å². The summed E-state index contributed by atoms with van der Waals surface area (Å²) < 4.78 is 13.3. The van der Waals surface area contributed by atoms with Gasteiger partial charge >= 0.3 is 0 Å². The van der Waals surface area contributed by atoms with Gasteiger partial charge in [-0.05, 0) is 70.3 Å². The van der Waals surface area contributed by atoms with Crippen LogP contribution in [0.15, 0.2) is 18.2 Å². The zero-order valence-electron chi connectivity index (χ0n) is 12.8. The van der Waals surface area contributed by atoms with Crippen LogP contribution in [0, 0.1) is 11.7 Å². The lowest BCUT2D eigenvalue weighted by molar-refractivity contribution is 0.131. The minimum absolute atomic E-state index is 0.0296. The first kappa shape index (κ1) is 14.8. The van der Waals surface area contributed by atoms with E-state index in [1.807, 2.05) is 6.92 Å². The highest BCUT2D eigenvalue weighted by molar-refractivity contribution is 5.34. The van der Waals surface area contributed by atoms with Gasteiger partial charge in [-0.25, -0.2) is 4.39 Å². The molecule has 2 bridgehead atoms. The van der Waals surface area contributed by atoms with Crippen molar-refractivity contribution in [2.75, 3.05) is 13.6 Å². The number of halogens is 1. The predicted octanol–water partition coefficient (Wildman–Crippen LogP) is 3.05. The quantitative estimate of drug-likeness (QED) is 0.895. The summed E-state index contributed by atoms with van der Waals surface area (Å²) in [7, 11) is 2.25. The molecule has 2 heterocycles. The van der Waals surface area contributed by atoms with Crippen LogP contribution in [0.1, 0.15) is 44.2 Å². The number of aromatic hydroxyl groups is 1. The average molecular weight is 292 g/mol. The molecule has 3 nitrogen and oxygen atoms in total. The Labute approximate surface area is 126 Å². The summed E-state index contributed by atoms with van der Waals surface area (Å²) in [5, 5.41) is 13.3. The molecular formula is C17H25FN2O. The van der Waals surface area contributed by atoms with Crippen LogP contribution in [0.4, 0.5) is 4.39 Å². The number of benzene rings is 1. The number of phenols is 1. The Hall–Kier alpha value is -1.13. The molecule has 0 aliphatic carbocycles. The van der Waals surface area contributed by atoms with Crippen molar-refractivity contribution in [1.29, 1.82) is 0 Å². The molecule has 0 spiro atoms. The van der Waals surface area contributed by atoms with Gasteiger partial charge < -0.3 is 15.3 Å². The van der Waals surface area contributed by atoms with E-state index in [0.717, 1.165) is 18.6 Å². The standard InChI is InChI=1S/C17H25FN2O/c1-11(16-9-13(18)3-6-17(16)21)19-10-12-7-14-4-5-15(8-12)20(14)2/h3,6,9,11-12,14-15,19,21H,4-5,7-8,10H2,1-2H3. The minimum atomic E-state index is -0.297. The third-order valence-electron chi connectivity index (χ3n) is 5.36. The molecule has 2 N–H and O–H groups in total. The third-order valence-corrected chi connectivity index (χ3v) is 5.36. The zero-order chi connectivity index (χ0) is 15.0. The Bertz CT molecular complexity index is 494. The molecule has 0 amide bonds. The maximum absolute atomic E-state index is 13.3. The topological polar surface area (TPSA) is 35.5 Å². The summed E-state index contributed by atoms with van der Waals surface area (Å²) in [5.41, 5.74) is 0.644. The van der Waals surface area contributed by atoms with Gasteiger partial charge in [0.05, 0.1) is 0 Å². The highest BCUT2D eigenvalue weighted by atomic mass is 19.1. The van der Waals surface area contributed by atoms with Gasteiger partial charge in [-0.15, -0.1) is 0 Å². The Morgan fingerprint density at radius 2 is 2.00 bits per heavy atom. The van der Waals surface area contributed by atoms with Gasteiger partial charge in [-0.1, -0.05) is 0 Å². The van der Waals surface area contributed by atoms with Gasteiger partial charge in [0.25, 0.3) is 0 Å². The van der Waals surface area contributed by atoms with E-state index in [2.05, 4.69) is 17.3 Å². The van der Waals surface area contributed by atoms with Crippen LogP contribution in [0.3, 0.4) is 0 Å². The Balaban J connectivity index is 1.57. The number of hydrogen-bond donors (Lipinski definition) is 2. The molecule has 0 radical (unpaired) electrons. The minimum Gasteiger partial charge on any atom is -0.508 e. The summed E-state index contributed by atoms with van der Waals surface area (Å²) in [6.45, 7) is 2.93. The van der Waals surface area contributed by atoms with Crippen LogP contribution >= 0.6 is 0 Å². The van der Waals surface area contributed by atoms with Gasteiger partial charge in [0.2, 0.25) is 0 Å². The van der Waals surface area contributed by atoms with E-state index in [4.69, 9.17) is 0 Å². The second-order valence-corrected chi connectivity index (χ2v) is 6.72. The van der Waals surface area contributed by atoms with Crippen molar-refractivity contribution >= 4 is 0 Å².